The van der Waals surface area contributed by atoms with Gasteiger partial charge in [0.05, 0.1) is 49.5 Å². The lowest BCUT2D eigenvalue weighted by Gasteiger charge is -2.32. The molecule has 10 nitrogen and oxygen atoms in total. The Hall–Kier alpha value is -1.60. The van der Waals surface area contributed by atoms with Gasteiger partial charge in [-0.1, -0.05) is 38.1 Å². The second-order valence-corrected chi connectivity index (χ2v) is 16.1. The first-order valence-electron chi connectivity index (χ1n) is 18.9. The summed E-state index contributed by atoms with van der Waals surface area (Å²) in [5.74, 6) is 0.311. The Bertz CT molecular complexity index is 1060. The molecule has 0 aliphatic heterocycles. The van der Waals surface area contributed by atoms with Crippen LogP contribution in [0.1, 0.15) is 118 Å². The fourth-order valence-corrected chi connectivity index (χ4v) is 5.19. The van der Waals surface area contributed by atoms with Crippen LogP contribution in [-0.4, -0.2) is 113 Å². The first-order valence-corrected chi connectivity index (χ1v) is 18.9. The lowest BCUT2D eigenvalue weighted by Crippen LogP contribution is -2.41. The Balaban J connectivity index is 2.92. The summed E-state index contributed by atoms with van der Waals surface area (Å²) in [6.45, 7) is 24.7. The van der Waals surface area contributed by atoms with Crippen molar-refractivity contribution in [2.45, 2.75) is 149 Å². The predicted octanol–water partition coefficient (Wildman–Crippen LogP) is 5.92. The summed E-state index contributed by atoms with van der Waals surface area (Å²) in [5, 5.41) is 29.0. The molecule has 292 valence electrons. The molecule has 3 atom stereocenters. The normalized spacial score (nSPS) is 16.2. The van der Waals surface area contributed by atoms with Gasteiger partial charge in [-0.3, -0.25) is 9.80 Å². The van der Waals surface area contributed by atoms with E-state index in [-0.39, 0.29) is 36.0 Å². The number of ether oxygens (including phenoxy) is 3. The molecule has 7 N–H and O–H groups in total. The largest absolute Gasteiger partial charge is 0.513 e. The van der Waals surface area contributed by atoms with Crippen LogP contribution in [0.5, 0.6) is 0 Å². The highest BCUT2D eigenvalue weighted by Gasteiger charge is 2.23. The van der Waals surface area contributed by atoms with E-state index in [4.69, 9.17) is 25.7 Å². The number of aliphatic hydroxyl groups excluding tert-OH is 3. The number of hydrogen-bond donors (Lipinski definition) is 5. The van der Waals surface area contributed by atoms with E-state index in [2.05, 4.69) is 75.6 Å². The third-order valence-electron chi connectivity index (χ3n) is 9.91. The Morgan fingerprint density at radius 3 is 1.70 bits per heavy atom. The smallest absolute Gasteiger partial charge is 0.0918 e. The SMILES string of the molecule is CCC(C)(N)CCN(CC/C(O)=C/COC(C)(C)CCO)Cc1ccc(CN(CCC(C)(N)CC)CCC(C)(C)OCCOC(C)CO)cc1. The summed E-state index contributed by atoms with van der Waals surface area (Å²) in [5.41, 5.74) is 14.4. The molecule has 0 aromatic heterocycles. The van der Waals surface area contributed by atoms with Crippen molar-refractivity contribution in [3.8, 4) is 0 Å². The van der Waals surface area contributed by atoms with Crippen LogP contribution >= 0.6 is 0 Å². The van der Waals surface area contributed by atoms with Crippen LogP contribution in [0.2, 0.25) is 0 Å². The summed E-state index contributed by atoms with van der Waals surface area (Å²) in [7, 11) is 0. The predicted molar refractivity (Wildman–Crippen MR) is 206 cm³/mol. The molecule has 1 rings (SSSR count). The van der Waals surface area contributed by atoms with Gasteiger partial charge in [-0.25, -0.2) is 0 Å². The molecular weight excluding hydrogens is 632 g/mol. The number of benzene rings is 1. The molecule has 0 bridgehead atoms. The first kappa shape index (κ1) is 46.4. The van der Waals surface area contributed by atoms with E-state index in [0.717, 1.165) is 64.8 Å². The van der Waals surface area contributed by atoms with Crippen LogP contribution in [0.4, 0.5) is 0 Å². The zero-order valence-corrected chi connectivity index (χ0v) is 33.3. The minimum atomic E-state index is -0.437. The number of nitrogens with zero attached hydrogens (tertiary/aromatic N) is 2. The Kier molecular flexibility index (Phi) is 21.5. The van der Waals surface area contributed by atoms with Crippen molar-refractivity contribution in [2.75, 3.05) is 59.2 Å². The van der Waals surface area contributed by atoms with Gasteiger partial charge < -0.3 is 41.0 Å². The van der Waals surface area contributed by atoms with Crippen molar-refractivity contribution in [3.63, 3.8) is 0 Å². The molecule has 0 saturated carbocycles. The van der Waals surface area contributed by atoms with Gasteiger partial charge in [0.25, 0.3) is 0 Å². The highest BCUT2D eigenvalue weighted by molar-refractivity contribution is 5.22. The zero-order chi connectivity index (χ0) is 37.8. The standard InChI is InChI=1S/C40H76N4O6/c1-10-39(8,41)19-24-43(22-16-36(47)17-27-49-38(6,7)21-26-45)30-34-12-14-35(15-13-34)31-44(25-20-40(9,42)11-2)23-18-37(4,5)50-29-28-48-33(3)32-46/h12-15,17,33,45-47H,10-11,16,18-32,41-42H2,1-9H3/b36-17-. The minimum absolute atomic E-state index is 0.00703. The summed E-state index contributed by atoms with van der Waals surface area (Å²) in [4.78, 5) is 4.85. The van der Waals surface area contributed by atoms with Gasteiger partial charge in [0, 0.05) is 63.4 Å². The third-order valence-corrected chi connectivity index (χ3v) is 9.91. The maximum atomic E-state index is 10.6. The Morgan fingerprint density at radius 1 is 0.740 bits per heavy atom. The van der Waals surface area contributed by atoms with Crippen LogP contribution in [-0.2, 0) is 27.3 Å². The lowest BCUT2D eigenvalue weighted by molar-refractivity contribution is -0.0706. The van der Waals surface area contributed by atoms with Gasteiger partial charge >= 0.3 is 0 Å². The van der Waals surface area contributed by atoms with Crippen LogP contribution < -0.4 is 11.5 Å². The van der Waals surface area contributed by atoms with E-state index in [0.29, 0.717) is 45.0 Å². The lowest BCUT2D eigenvalue weighted by atomic mass is 9.95. The molecule has 10 heteroatoms. The van der Waals surface area contributed by atoms with Crippen molar-refractivity contribution in [3.05, 3.63) is 47.2 Å². The minimum Gasteiger partial charge on any atom is -0.513 e. The van der Waals surface area contributed by atoms with Gasteiger partial charge in [0.15, 0.2) is 0 Å². The van der Waals surface area contributed by atoms with Gasteiger partial charge in [-0.15, -0.1) is 0 Å². The van der Waals surface area contributed by atoms with Crippen molar-refractivity contribution < 1.29 is 29.5 Å². The molecule has 0 radical (unpaired) electrons. The monoisotopic (exact) mass is 709 g/mol. The number of nitrogens with two attached hydrogens (primary N) is 2. The van der Waals surface area contributed by atoms with Gasteiger partial charge in [-0.2, -0.15) is 0 Å². The van der Waals surface area contributed by atoms with E-state index in [1.807, 2.05) is 20.8 Å². The first-order chi connectivity index (χ1) is 23.3. The van der Waals surface area contributed by atoms with Crippen LogP contribution in [0, 0.1) is 0 Å². The summed E-state index contributed by atoms with van der Waals surface area (Å²) in [6, 6.07) is 8.89. The van der Waals surface area contributed by atoms with E-state index in [9.17, 15) is 15.3 Å². The molecule has 50 heavy (non-hydrogen) atoms. The number of aliphatic hydroxyl groups is 3. The highest BCUT2D eigenvalue weighted by Crippen LogP contribution is 2.20. The fourth-order valence-electron chi connectivity index (χ4n) is 5.19. The molecule has 0 saturated heterocycles. The van der Waals surface area contributed by atoms with Crippen LogP contribution in [0.3, 0.4) is 0 Å². The van der Waals surface area contributed by atoms with Crippen molar-refractivity contribution in [1.29, 1.82) is 0 Å². The molecule has 0 heterocycles. The topological polar surface area (TPSA) is 147 Å². The number of rotatable bonds is 29. The Morgan fingerprint density at radius 2 is 1.22 bits per heavy atom. The number of hydrogen-bond acceptors (Lipinski definition) is 10. The maximum absolute atomic E-state index is 10.6. The molecule has 0 aliphatic carbocycles. The van der Waals surface area contributed by atoms with Crippen LogP contribution in [0.25, 0.3) is 0 Å². The average molecular weight is 709 g/mol. The zero-order valence-electron chi connectivity index (χ0n) is 33.3. The van der Waals surface area contributed by atoms with E-state index in [1.165, 1.54) is 11.1 Å². The van der Waals surface area contributed by atoms with E-state index < -0.39 is 5.60 Å². The van der Waals surface area contributed by atoms with Crippen molar-refractivity contribution in [2.24, 2.45) is 11.5 Å². The quantitative estimate of drug-likeness (QED) is 0.0502. The second kappa shape index (κ2) is 23.1. The van der Waals surface area contributed by atoms with Crippen molar-refractivity contribution in [1.82, 2.24) is 9.80 Å². The maximum Gasteiger partial charge on any atom is 0.0918 e. The molecule has 1 aromatic carbocycles. The molecule has 0 fully saturated rings. The third kappa shape index (κ3) is 21.7. The van der Waals surface area contributed by atoms with E-state index >= 15 is 0 Å². The van der Waals surface area contributed by atoms with Gasteiger partial charge in [0.2, 0.25) is 0 Å². The average Bonchev–Trinajstić information content (AvgIpc) is 3.06. The van der Waals surface area contributed by atoms with Crippen LogP contribution in [0.15, 0.2) is 36.1 Å². The molecule has 1 aromatic rings. The fraction of sp³-hybridized carbons (Fsp3) is 0.800. The van der Waals surface area contributed by atoms with Gasteiger partial charge in [0.1, 0.15) is 0 Å². The molecule has 3 unspecified atom stereocenters. The molecular formula is C40H76N4O6. The van der Waals surface area contributed by atoms with Crippen molar-refractivity contribution >= 4 is 0 Å². The Labute approximate surface area is 305 Å². The molecule has 0 amide bonds. The summed E-state index contributed by atoms with van der Waals surface area (Å²) < 4.78 is 17.6. The second-order valence-electron chi connectivity index (χ2n) is 16.1. The van der Waals surface area contributed by atoms with Gasteiger partial charge in [-0.05, 0) is 104 Å². The highest BCUT2D eigenvalue weighted by atomic mass is 16.5. The van der Waals surface area contributed by atoms with E-state index in [1.54, 1.807) is 6.08 Å². The molecule has 0 spiro atoms. The summed E-state index contributed by atoms with van der Waals surface area (Å²) >= 11 is 0. The summed E-state index contributed by atoms with van der Waals surface area (Å²) in [6.07, 6.45) is 7.10. The molecule has 0 aliphatic rings.